The standard InChI is InChI=1S/C19H38N2O/c1-3-10-21-14-17(12-19(22)4-2)11-18(15-21)20-13-16-8-6-5-7-9-16/h16-20,22H,3-15H2,1-2H3. The smallest absolute Gasteiger partial charge is 0.0540 e. The molecule has 0 amide bonds. The summed E-state index contributed by atoms with van der Waals surface area (Å²) in [5.41, 5.74) is 0. The van der Waals surface area contributed by atoms with Crippen LogP contribution in [0.1, 0.15) is 71.6 Å². The monoisotopic (exact) mass is 310 g/mol. The summed E-state index contributed by atoms with van der Waals surface area (Å²) in [6.45, 7) is 9.19. The fourth-order valence-electron chi connectivity index (χ4n) is 4.40. The summed E-state index contributed by atoms with van der Waals surface area (Å²) < 4.78 is 0. The van der Waals surface area contributed by atoms with Gasteiger partial charge in [-0.15, -0.1) is 0 Å². The summed E-state index contributed by atoms with van der Waals surface area (Å²) in [5, 5.41) is 13.9. The fraction of sp³-hybridized carbons (Fsp3) is 1.00. The van der Waals surface area contributed by atoms with Crippen molar-refractivity contribution in [2.24, 2.45) is 11.8 Å². The summed E-state index contributed by atoms with van der Waals surface area (Å²) in [7, 11) is 0. The lowest BCUT2D eigenvalue weighted by atomic mass is 9.87. The van der Waals surface area contributed by atoms with Gasteiger partial charge in [0.15, 0.2) is 0 Å². The predicted octanol–water partition coefficient (Wildman–Crippen LogP) is 3.42. The molecule has 0 aromatic rings. The quantitative estimate of drug-likeness (QED) is 0.721. The third kappa shape index (κ3) is 6.17. The molecule has 22 heavy (non-hydrogen) atoms. The molecule has 1 heterocycles. The second kappa shape index (κ2) is 9.89. The molecule has 2 rings (SSSR count). The van der Waals surface area contributed by atoms with Gasteiger partial charge in [0.25, 0.3) is 0 Å². The van der Waals surface area contributed by atoms with Crippen LogP contribution >= 0.6 is 0 Å². The Bertz CT molecular complexity index is 291. The highest BCUT2D eigenvalue weighted by molar-refractivity contribution is 4.85. The van der Waals surface area contributed by atoms with Crippen LogP contribution in [0, 0.1) is 11.8 Å². The number of rotatable bonds is 8. The molecule has 0 radical (unpaired) electrons. The van der Waals surface area contributed by atoms with E-state index in [-0.39, 0.29) is 6.10 Å². The first kappa shape index (κ1) is 18.2. The lowest BCUT2D eigenvalue weighted by Crippen LogP contribution is -2.50. The Balaban J connectivity index is 1.79. The van der Waals surface area contributed by atoms with Crippen LogP contribution in [0.15, 0.2) is 0 Å². The van der Waals surface area contributed by atoms with Crippen molar-refractivity contribution in [3.63, 3.8) is 0 Å². The highest BCUT2D eigenvalue weighted by atomic mass is 16.3. The molecule has 0 aromatic heterocycles. The van der Waals surface area contributed by atoms with Crippen LogP contribution in [-0.2, 0) is 0 Å². The van der Waals surface area contributed by atoms with Gasteiger partial charge in [-0.25, -0.2) is 0 Å². The van der Waals surface area contributed by atoms with E-state index in [1.54, 1.807) is 0 Å². The lowest BCUT2D eigenvalue weighted by Gasteiger charge is -2.39. The Morgan fingerprint density at radius 2 is 1.86 bits per heavy atom. The van der Waals surface area contributed by atoms with Crippen molar-refractivity contribution in [3.05, 3.63) is 0 Å². The number of hydrogen-bond donors (Lipinski definition) is 2. The van der Waals surface area contributed by atoms with E-state index in [0.29, 0.717) is 12.0 Å². The molecule has 2 N–H and O–H groups in total. The molecule has 0 spiro atoms. The van der Waals surface area contributed by atoms with Gasteiger partial charge in [0.05, 0.1) is 6.10 Å². The minimum Gasteiger partial charge on any atom is -0.393 e. The molecule has 3 heteroatoms. The predicted molar refractivity (Wildman–Crippen MR) is 94.1 cm³/mol. The molecule has 2 fully saturated rings. The van der Waals surface area contributed by atoms with E-state index in [9.17, 15) is 5.11 Å². The van der Waals surface area contributed by atoms with E-state index in [4.69, 9.17) is 0 Å². The van der Waals surface area contributed by atoms with Gasteiger partial charge < -0.3 is 15.3 Å². The first-order valence-corrected chi connectivity index (χ1v) is 9.85. The van der Waals surface area contributed by atoms with Crippen LogP contribution < -0.4 is 5.32 Å². The van der Waals surface area contributed by atoms with Gasteiger partial charge in [0, 0.05) is 19.1 Å². The Morgan fingerprint density at radius 3 is 2.55 bits per heavy atom. The number of aliphatic hydroxyl groups is 1. The van der Waals surface area contributed by atoms with E-state index >= 15 is 0 Å². The number of hydrogen-bond acceptors (Lipinski definition) is 3. The molecule has 0 aromatic carbocycles. The number of nitrogens with one attached hydrogen (secondary N) is 1. The molecule has 1 aliphatic heterocycles. The van der Waals surface area contributed by atoms with Crippen LogP contribution in [0.2, 0.25) is 0 Å². The molecule has 2 aliphatic rings. The molecule has 130 valence electrons. The molecule has 1 saturated heterocycles. The largest absolute Gasteiger partial charge is 0.393 e. The van der Waals surface area contributed by atoms with E-state index in [2.05, 4.69) is 24.1 Å². The summed E-state index contributed by atoms with van der Waals surface area (Å²) in [5.74, 6) is 1.58. The highest BCUT2D eigenvalue weighted by Gasteiger charge is 2.28. The first-order valence-electron chi connectivity index (χ1n) is 9.85. The second-order valence-corrected chi connectivity index (χ2v) is 7.77. The molecule has 3 atom stereocenters. The summed E-state index contributed by atoms with van der Waals surface area (Å²) in [6, 6.07) is 0.635. The van der Waals surface area contributed by atoms with Crippen molar-refractivity contribution in [1.82, 2.24) is 10.2 Å². The van der Waals surface area contributed by atoms with E-state index in [1.807, 2.05) is 0 Å². The Morgan fingerprint density at radius 1 is 1.09 bits per heavy atom. The van der Waals surface area contributed by atoms with Gasteiger partial charge in [-0.2, -0.15) is 0 Å². The Labute approximate surface area is 137 Å². The van der Waals surface area contributed by atoms with Gasteiger partial charge in [-0.05, 0) is 63.5 Å². The third-order valence-corrected chi connectivity index (χ3v) is 5.65. The van der Waals surface area contributed by atoms with Gasteiger partial charge in [-0.1, -0.05) is 33.1 Å². The molecular weight excluding hydrogens is 272 g/mol. The Kier molecular flexibility index (Phi) is 8.19. The van der Waals surface area contributed by atoms with Crippen LogP contribution in [0.25, 0.3) is 0 Å². The molecular formula is C19H38N2O. The van der Waals surface area contributed by atoms with E-state index < -0.39 is 0 Å². The number of nitrogens with zero attached hydrogens (tertiary/aromatic N) is 1. The van der Waals surface area contributed by atoms with E-state index in [1.165, 1.54) is 71.1 Å². The summed E-state index contributed by atoms with van der Waals surface area (Å²) in [4.78, 5) is 2.62. The minimum atomic E-state index is -0.106. The second-order valence-electron chi connectivity index (χ2n) is 7.77. The van der Waals surface area contributed by atoms with Crippen LogP contribution in [0.3, 0.4) is 0 Å². The van der Waals surface area contributed by atoms with Crippen molar-refractivity contribution in [2.75, 3.05) is 26.2 Å². The summed E-state index contributed by atoms with van der Waals surface area (Å²) >= 11 is 0. The zero-order valence-electron chi connectivity index (χ0n) is 14.9. The number of piperidine rings is 1. The number of aliphatic hydroxyl groups excluding tert-OH is 1. The van der Waals surface area contributed by atoms with Crippen molar-refractivity contribution in [3.8, 4) is 0 Å². The average Bonchev–Trinajstić information content (AvgIpc) is 2.54. The van der Waals surface area contributed by atoms with Crippen molar-refractivity contribution in [2.45, 2.75) is 83.8 Å². The highest BCUT2D eigenvalue weighted by Crippen LogP contribution is 2.25. The minimum absolute atomic E-state index is 0.106. The SMILES string of the molecule is CCCN1CC(CC(O)CC)CC(NCC2CCCCC2)C1. The van der Waals surface area contributed by atoms with Gasteiger partial charge >= 0.3 is 0 Å². The lowest BCUT2D eigenvalue weighted by molar-refractivity contribution is 0.0824. The average molecular weight is 311 g/mol. The Hall–Kier alpha value is -0.120. The van der Waals surface area contributed by atoms with Crippen molar-refractivity contribution >= 4 is 0 Å². The van der Waals surface area contributed by atoms with E-state index in [0.717, 1.165) is 18.8 Å². The molecule has 1 aliphatic carbocycles. The maximum absolute atomic E-state index is 10.0. The zero-order chi connectivity index (χ0) is 15.8. The van der Waals surface area contributed by atoms with Crippen LogP contribution in [-0.4, -0.2) is 48.3 Å². The number of likely N-dealkylation sites (tertiary alicyclic amines) is 1. The maximum atomic E-state index is 10.0. The van der Waals surface area contributed by atoms with Gasteiger partial charge in [0.2, 0.25) is 0 Å². The van der Waals surface area contributed by atoms with Crippen LogP contribution in [0.4, 0.5) is 0 Å². The van der Waals surface area contributed by atoms with Crippen LogP contribution in [0.5, 0.6) is 0 Å². The third-order valence-electron chi connectivity index (χ3n) is 5.65. The zero-order valence-corrected chi connectivity index (χ0v) is 14.9. The maximum Gasteiger partial charge on any atom is 0.0540 e. The van der Waals surface area contributed by atoms with Gasteiger partial charge in [-0.3, -0.25) is 0 Å². The summed E-state index contributed by atoms with van der Waals surface area (Å²) in [6.07, 6.45) is 11.4. The fourth-order valence-corrected chi connectivity index (χ4v) is 4.40. The first-order chi connectivity index (χ1) is 10.7. The van der Waals surface area contributed by atoms with Gasteiger partial charge in [0.1, 0.15) is 0 Å². The topological polar surface area (TPSA) is 35.5 Å². The molecule has 3 nitrogen and oxygen atoms in total. The molecule has 0 bridgehead atoms. The molecule has 1 saturated carbocycles. The molecule has 3 unspecified atom stereocenters. The van der Waals surface area contributed by atoms with Crippen molar-refractivity contribution < 1.29 is 5.11 Å². The normalized spacial score (nSPS) is 29.6. The van der Waals surface area contributed by atoms with Crippen molar-refractivity contribution in [1.29, 1.82) is 0 Å².